The van der Waals surface area contributed by atoms with Gasteiger partial charge in [-0.15, -0.1) is 0 Å². The molecule has 0 radical (unpaired) electrons. The van der Waals surface area contributed by atoms with E-state index in [4.69, 9.17) is 18.9 Å². The molecule has 22 atom stereocenters. The van der Waals surface area contributed by atoms with E-state index in [-0.39, 0.29) is 157 Å². The Hall–Kier alpha value is -7.08. The molecule has 0 spiro atoms. The van der Waals surface area contributed by atoms with E-state index in [0.29, 0.717) is 61.5 Å². The molecule has 4 aromatic rings. The van der Waals surface area contributed by atoms with Crippen molar-refractivity contribution < 1.29 is 57.3 Å². The fourth-order valence-corrected chi connectivity index (χ4v) is 19.7. The van der Waals surface area contributed by atoms with Gasteiger partial charge in [0.15, 0.2) is 11.6 Å². The Morgan fingerprint density at radius 3 is 1.12 bits per heavy atom. The van der Waals surface area contributed by atoms with Crippen molar-refractivity contribution in [1.82, 2.24) is 50.2 Å². The summed E-state index contributed by atoms with van der Waals surface area (Å²) < 4.78 is 24.4. The number of fused-ring (bicyclic) bond motifs is 4. The summed E-state index contributed by atoms with van der Waals surface area (Å²) in [6.45, 7) is 21.3. The quantitative estimate of drug-likeness (QED) is 0.0418. The van der Waals surface area contributed by atoms with Crippen molar-refractivity contribution in [3.05, 3.63) is 120 Å². The molecular weight excluding hydrogens is 1410 g/mol. The minimum atomic E-state index is -0.562. The summed E-state index contributed by atoms with van der Waals surface area (Å²) in [5.41, 5.74) is 2.22. The highest BCUT2D eigenvalue weighted by Crippen LogP contribution is 2.41. The number of rotatable bonds is 42. The van der Waals surface area contributed by atoms with E-state index in [1.54, 1.807) is 75.2 Å². The number of likely N-dealkylation sites (tertiary alicyclic amines) is 2. The monoisotopic (exact) mass is 1550 g/mol. The number of Topliss-reactive ketones (excluding diaryl/α,β-unsaturated/α-hetero) is 4. The molecule has 4 amide bonds. The minimum Gasteiger partial charge on any atom is -0.379 e. The van der Waals surface area contributed by atoms with E-state index in [1.807, 2.05) is 102 Å². The van der Waals surface area contributed by atoms with Crippen molar-refractivity contribution in [3.8, 4) is 0 Å². The highest BCUT2D eigenvalue weighted by atomic mass is 16.5. The summed E-state index contributed by atoms with van der Waals surface area (Å²) in [7, 11) is 10.1. The third-order valence-electron chi connectivity index (χ3n) is 26.7. The zero-order valence-corrected chi connectivity index (χ0v) is 70.1. The fraction of sp³-hybridized carbons (Fsp3) is 0.689. The van der Waals surface area contributed by atoms with E-state index in [2.05, 4.69) is 82.5 Å². The van der Waals surface area contributed by atoms with Gasteiger partial charge in [0.1, 0.15) is 23.2 Å². The van der Waals surface area contributed by atoms with Crippen LogP contribution in [-0.4, -0.2) is 215 Å². The number of nitrogens with one attached hydrogen (secondary N) is 2. The number of ether oxygens (including phenoxy) is 4. The van der Waals surface area contributed by atoms with Gasteiger partial charge in [0.25, 0.3) is 0 Å². The normalized spacial score (nSPS) is 24.3. The molecule has 10 rings (SSSR count). The first-order valence-electron chi connectivity index (χ1n) is 42.2. The highest BCUT2D eigenvalue weighted by molar-refractivity contribution is 5.92. The molecule has 6 aliphatic rings. The predicted molar refractivity (Wildman–Crippen MR) is 433 cm³/mol. The number of benzene rings is 2. The average molecular weight is 1550 g/mol. The van der Waals surface area contributed by atoms with E-state index in [9.17, 15) is 38.4 Å². The lowest BCUT2D eigenvalue weighted by Crippen LogP contribution is -2.54. The van der Waals surface area contributed by atoms with Gasteiger partial charge in [-0.2, -0.15) is 0 Å². The number of methoxy groups -OCH3 is 4. The molecule has 2 aliphatic carbocycles. The predicted octanol–water partition coefficient (Wildman–Crippen LogP) is 12.1. The van der Waals surface area contributed by atoms with Crippen LogP contribution in [0.5, 0.6) is 0 Å². The van der Waals surface area contributed by atoms with Crippen LogP contribution in [0.3, 0.4) is 0 Å². The van der Waals surface area contributed by atoms with Crippen LogP contribution in [-0.2, 0) is 70.1 Å². The molecule has 616 valence electrons. The van der Waals surface area contributed by atoms with Crippen LogP contribution in [0.25, 0.3) is 0 Å². The third kappa shape index (κ3) is 22.3. The first-order valence-corrected chi connectivity index (χ1v) is 42.2. The molecule has 6 fully saturated rings. The van der Waals surface area contributed by atoms with E-state index < -0.39 is 48.1 Å². The number of aromatic nitrogens is 4. The fourth-order valence-electron chi connectivity index (χ4n) is 19.7. The summed E-state index contributed by atoms with van der Waals surface area (Å²) in [5, 5.41) is 7.02. The molecule has 0 unspecified atom stereocenters. The zero-order chi connectivity index (χ0) is 81.0. The van der Waals surface area contributed by atoms with Crippen LogP contribution in [0.1, 0.15) is 219 Å². The average Bonchev–Trinajstić information content (AvgIpc) is 1.71. The number of piperidine rings is 2. The SMILES string of the molecule is CC[C@H](C)[C@@H]([C@@H](CC(=O)N1CCC[C@H]1[C@H](OC)[C@@H](C)C(=O)C[C@@H](Cc1ccccc1)c1ncccn1)OC)N(C)C(=O)[C@@H](CC(=O)[C@H]1N[C@@H]2CC[C@H]1C2)C(C)C.CC[C@H](C)[C@@H]([C@@H](CC(=O)N1CCC[C@H]1[C@H](OC)[C@@H](C)C(=O)C[C@H](Cc1ccccc1)c1ncccn1)OC)N(C)C(=O)[C@@H](CC(=O)[C@H]1N[C@@H]2CC[C@H]1C2)C(C)C. The van der Waals surface area contributed by atoms with Crippen LogP contribution >= 0.6 is 0 Å². The maximum absolute atomic E-state index is 14.4. The molecule has 4 bridgehead atoms. The third-order valence-corrected chi connectivity index (χ3v) is 26.7. The van der Waals surface area contributed by atoms with Crippen molar-refractivity contribution in [2.45, 2.75) is 282 Å². The van der Waals surface area contributed by atoms with Gasteiger partial charge in [0.05, 0.1) is 73.5 Å². The Morgan fingerprint density at radius 1 is 0.464 bits per heavy atom. The Morgan fingerprint density at radius 2 is 0.821 bits per heavy atom. The number of hydrogen-bond acceptors (Lipinski definition) is 18. The molecule has 4 saturated heterocycles. The number of carbonyl (C=O) groups excluding carboxylic acids is 8. The first-order chi connectivity index (χ1) is 53.7. The number of likely N-dealkylation sites (N-methyl/N-ethyl adjacent to an activating group) is 2. The summed E-state index contributed by atoms with van der Waals surface area (Å²) >= 11 is 0. The van der Waals surface area contributed by atoms with Crippen molar-refractivity contribution >= 4 is 46.8 Å². The maximum Gasteiger partial charge on any atom is 0.226 e. The van der Waals surface area contributed by atoms with Gasteiger partial charge >= 0.3 is 0 Å². The second-order valence-corrected chi connectivity index (χ2v) is 34.4. The molecule has 22 nitrogen and oxygen atoms in total. The van der Waals surface area contributed by atoms with Crippen LogP contribution in [0.2, 0.25) is 0 Å². The first kappa shape index (κ1) is 88.9. The molecule has 6 heterocycles. The van der Waals surface area contributed by atoms with Crippen LogP contribution in [0.15, 0.2) is 97.6 Å². The minimum absolute atomic E-state index is 0.0254. The second kappa shape index (κ2) is 42.5. The Bertz CT molecular complexity index is 3420. The van der Waals surface area contributed by atoms with Crippen molar-refractivity contribution in [1.29, 1.82) is 0 Å². The van der Waals surface area contributed by atoms with E-state index in [0.717, 1.165) is 88.2 Å². The van der Waals surface area contributed by atoms with Gasteiger partial charge in [-0.3, -0.25) is 38.4 Å². The molecule has 22 heteroatoms. The maximum atomic E-state index is 14.4. The lowest BCUT2D eigenvalue weighted by molar-refractivity contribution is -0.149. The molecular formula is C90H134N10O12. The number of amides is 4. The van der Waals surface area contributed by atoms with Crippen molar-refractivity contribution in [2.75, 3.05) is 55.6 Å². The number of carbonyl (C=O) groups is 8. The summed E-state index contributed by atoms with van der Waals surface area (Å²) in [5.74, 6) is -0.158. The lowest BCUT2D eigenvalue weighted by atomic mass is 9.83. The number of hydrogen-bond donors (Lipinski definition) is 2. The molecule has 2 N–H and O–H groups in total. The standard InChI is InChI=1S/2C45H67N5O6/c2*1-9-29(4)42(49(6)45(54)35(28(2)3)26-38(52)41-32-18-19-34(24-32)48-41)39(55-7)27-40(53)50-22-13-17-36(50)43(56-8)30(5)37(51)25-33(44-46-20-14-21-47-44)23-31-15-11-10-12-16-31/h2*10-12,14-16,20-21,28-30,32-36,39,41-43,48H,9,13,17-19,22-27H2,1-8H3/t29-,30-,32-,33+,34+,35-,36-,39+,41-,42-,43+;29-,30-,32-,33-,34+,35-,36-,39+,41-,42-,43+/m00/s1. The van der Waals surface area contributed by atoms with Crippen LogP contribution in [0, 0.1) is 59.2 Å². The van der Waals surface area contributed by atoms with Crippen LogP contribution in [0.4, 0.5) is 0 Å². The van der Waals surface area contributed by atoms with E-state index in [1.165, 1.54) is 0 Å². The van der Waals surface area contributed by atoms with Crippen molar-refractivity contribution in [3.63, 3.8) is 0 Å². The Balaban J connectivity index is 0.000000257. The molecule has 112 heavy (non-hydrogen) atoms. The molecule has 2 saturated carbocycles. The van der Waals surface area contributed by atoms with Gasteiger partial charge < -0.3 is 49.2 Å². The smallest absolute Gasteiger partial charge is 0.226 e. The topological polar surface area (TPSA) is 262 Å². The van der Waals surface area contributed by atoms with Gasteiger partial charge in [0.2, 0.25) is 23.6 Å². The van der Waals surface area contributed by atoms with Crippen molar-refractivity contribution in [2.24, 2.45) is 59.2 Å². The Labute approximate surface area is 668 Å². The van der Waals surface area contributed by atoms with Gasteiger partial charge in [-0.25, -0.2) is 19.9 Å². The Kier molecular flexibility index (Phi) is 33.7. The number of nitrogens with zero attached hydrogens (tertiary/aromatic N) is 8. The van der Waals surface area contributed by atoms with E-state index >= 15 is 0 Å². The lowest BCUT2D eigenvalue weighted by Gasteiger charge is -2.41. The van der Waals surface area contributed by atoms with Gasteiger partial charge in [-0.05, 0) is 136 Å². The summed E-state index contributed by atoms with van der Waals surface area (Å²) in [4.78, 5) is 138. The van der Waals surface area contributed by atoms with Gasteiger partial charge in [-0.1, -0.05) is 143 Å². The second-order valence-electron chi connectivity index (χ2n) is 34.4. The summed E-state index contributed by atoms with van der Waals surface area (Å²) in [6, 6.07) is 22.9. The summed E-state index contributed by atoms with van der Waals surface area (Å²) in [6.07, 6.45) is 18.2. The zero-order valence-electron chi connectivity index (χ0n) is 70.1. The van der Waals surface area contributed by atoms with Gasteiger partial charge in [0, 0.05) is 154 Å². The number of ketones is 4. The molecule has 2 aromatic carbocycles. The largest absolute Gasteiger partial charge is 0.379 e. The van der Waals surface area contributed by atoms with Crippen LogP contribution < -0.4 is 10.6 Å². The molecule has 2 aromatic heterocycles. The highest BCUT2D eigenvalue weighted by Gasteiger charge is 2.49. The molecule has 4 aliphatic heterocycles.